The van der Waals surface area contributed by atoms with Crippen LogP contribution in [0.25, 0.3) is 0 Å². The number of hydrogen-bond donors (Lipinski definition) is 1. The highest BCUT2D eigenvalue weighted by atomic mass is 35.5. The van der Waals surface area contributed by atoms with Crippen LogP contribution in [-0.2, 0) is 17.7 Å². The third-order valence-corrected chi connectivity index (χ3v) is 4.12. The second-order valence-electron chi connectivity index (χ2n) is 4.11. The Morgan fingerprint density at radius 2 is 2.30 bits per heavy atom. The van der Waals surface area contributed by atoms with E-state index in [0.717, 1.165) is 16.3 Å². The number of thiazole rings is 1. The van der Waals surface area contributed by atoms with E-state index in [1.807, 2.05) is 6.20 Å². The number of methoxy groups -OCH3 is 1. The van der Waals surface area contributed by atoms with Crippen molar-refractivity contribution in [1.29, 1.82) is 0 Å². The number of carbonyl (C=O) groups is 1. The third kappa shape index (κ3) is 3.49. The average molecular weight is 311 g/mol. The van der Waals surface area contributed by atoms with Crippen molar-refractivity contribution < 1.29 is 9.53 Å². The average Bonchev–Trinajstić information content (AvgIpc) is 2.93. The Kier molecular flexibility index (Phi) is 4.98. The quantitative estimate of drug-likeness (QED) is 0.854. The molecule has 0 unspecified atom stereocenters. The first-order chi connectivity index (χ1) is 9.63. The van der Waals surface area contributed by atoms with Gasteiger partial charge in [0, 0.05) is 21.8 Å². The van der Waals surface area contributed by atoms with E-state index in [0.29, 0.717) is 22.8 Å². The van der Waals surface area contributed by atoms with Gasteiger partial charge in [0.2, 0.25) is 0 Å². The highest BCUT2D eigenvalue weighted by molar-refractivity contribution is 7.11. The van der Waals surface area contributed by atoms with Crippen molar-refractivity contribution in [3.05, 3.63) is 44.9 Å². The van der Waals surface area contributed by atoms with Gasteiger partial charge in [-0.15, -0.1) is 11.3 Å². The zero-order valence-corrected chi connectivity index (χ0v) is 12.8. The third-order valence-electron chi connectivity index (χ3n) is 2.74. The summed E-state index contributed by atoms with van der Waals surface area (Å²) >= 11 is 7.57. The molecule has 2 aromatic rings. The molecule has 0 aliphatic rings. The van der Waals surface area contributed by atoms with Gasteiger partial charge in [0.25, 0.3) is 0 Å². The number of benzene rings is 1. The minimum atomic E-state index is -0.409. The lowest BCUT2D eigenvalue weighted by Gasteiger charge is -2.10. The van der Waals surface area contributed by atoms with Crippen LogP contribution in [0.15, 0.2) is 24.4 Å². The topological polar surface area (TPSA) is 51.2 Å². The maximum absolute atomic E-state index is 11.7. The lowest BCUT2D eigenvalue weighted by atomic mass is 10.2. The molecular weight excluding hydrogens is 296 g/mol. The SMILES string of the molecule is CCc1ncc(CNc2ccc(Cl)cc2C(=O)OC)s1. The number of nitrogens with zero attached hydrogens (tertiary/aromatic N) is 1. The minimum Gasteiger partial charge on any atom is -0.465 e. The summed E-state index contributed by atoms with van der Waals surface area (Å²) in [5.74, 6) is -0.409. The van der Waals surface area contributed by atoms with Crippen molar-refractivity contribution >= 4 is 34.6 Å². The number of hydrogen-bond acceptors (Lipinski definition) is 5. The molecule has 0 fully saturated rings. The van der Waals surface area contributed by atoms with Crippen molar-refractivity contribution in [2.75, 3.05) is 12.4 Å². The molecule has 1 N–H and O–H groups in total. The Morgan fingerprint density at radius 3 is 2.95 bits per heavy atom. The molecule has 1 aromatic heterocycles. The van der Waals surface area contributed by atoms with Crippen molar-refractivity contribution in [2.45, 2.75) is 19.9 Å². The van der Waals surface area contributed by atoms with Crippen molar-refractivity contribution in [3.8, 4) is 0 Å². The molecular formula is C14H15ClN2O2S. The maximum atomic E-state index is 11.7. The first-order valence-electron chi connectivity index (χ1n) is 6.19. The number of ether oxygens (including phenoxy) is 1. The number of esters is 1. The molecule has 4 nitrogen and oxygen atoms in total. The van der Waals surface area contributed by atoms with E-state index in [1.54, 1.807) is 29.5 Å². The first-order valence-corrected chi connectivity index (χ1v) is 7.38. The summed E-state index contributed by atoms with van der Waals surface area (Å²) in [6.07, 6.45) is 2.78. The number of carbonyl (C=O) groups excluding carboxylic acids is 1. The fraction of sp³-hybridized carbons (Fsp3) is 0.286. The van der Waals surface area contributed by atoms with Crippen molar-refractivity contribution in [2.24, 2.45) is 0 Å². The van der Waals surface area contributed by atoms with Gasteiger partial charge in [-0.1, -0.05) is 18.5 Å². The fourth-order valence-corrected chi connectivity index (χ4v) is 2.70. The van der Waals surface area contributed by atoms with E-state index in [1.165, 1.54) is 7.11 Å². The van der Waals surface area contributed by atoms with Crippen molar-refractivity contribution in [3.63, 3.8) is 0 Å². The van der Waals surface area contributed by atoms with Crippen LogP contribution in [0.1, 0.15) is 27.2 Å². The van der Waals surface area contributed by atoms with Crippen molar-refractivity contribution in [1.82, 2.24) is 4.98 Å². The van der Waals surface area contributed by atoms with Crippen LogP contribution in [0, 0.1) is 0 Å². The van der Waals surface area contributed by atoms with Gasteiger partial charge in [-0.3, -0.25) is 0 Å². The molecule has 0 atom stereocenters. The smallest absolute Gasteiger partial charge is 0.340 e. The highest BCUT2D eigenvalue weighted by Crippen LogP contribution is 2.23. The van der Waals surface area contributed by atoms with Crippen LogP contribution >= 0.6 is 22.9 Å². The molecule has 1 heterocycles. The molecule has 0 saturated heterocycles. The summed E-state index contributed by atoms with van der Waals surface area (Å²) in [7, 11) is 1.35. The molecule has 0 saturated carbocycles. The summed E-state index contributed by atoms with van der Waals surface area (Å²) < 4.78 is 4.76. The summed E-state index contributed by atoms with van der Waals surface area (Å²) in [6.45, 7) is 2.69. The summed E-state index contributed by atoms with van der Waals surface area (Å²) in [4.78, 5) is 17.1. The number of anilines is 1. The van der Waals surface area contributed by atoms with Gasteiger partial charge < -0.3 is 10.1 Å². The summed E-state index contributed by atoms with van der Waals surface area (Å²) in [5, 5.41) is 4.83. The lowest BCUT2D eigenvalue weighted by molar-refractivity contribution is 0.0602. The second kappa shape index (κ2) is 6.72. The first kappa shape index (κ1) is 14.8. The van der Waals surface area contributed by atoms with Gasteiger partial charge in [-0.25, -0.2) is 9.78 Å². The Bertz CT molecular complexity index is 613. The molecule has 20 heavy (non-hydrogen) atoms. The summed E-state index contributed by atoms with van der Waals surface area (Å²) in [6, 6.07) is 5.11. The Balaban J connectivity index is 2.14. The van der Waals surface area contributed by atoms with Gasteiger partial charge >= 0.3 is 5.97 Å². The monoisotopic (exact) mass is 310 g/mol. The predicted molar refractivity (Wildman–Crippen MR) is 81.6 cm³/mol. The molecule has 2 rings (SSSR count). The Morgan fingerprint density at radius 1 is 1.50 bits per heavy atom. The van der Waals surface area contributed by atoms with E-state index in [2.05, 4.69) is 17.2 Å². The molecule has 106 valence electrons. The van der Waals surface area contributed by atoms with E-state index in [4.69, 9.17) is 16.3 Å². The van der Waals surface area contributed by atoms with Gasteiger partial charge in [0.05, 0.1) is 24.2 Å². The standard InChI is InChI=1S/C14H15ClN2O2S/c1-3-13-17-8-10(20-13)7-16-12-5-4-9(15)6-11(12)14(18)19-2/h4-6,8,16H,3,7H2,1-2H3. The van der Waals surface area contributed by atoms with Gasteiger partial charge in [0.1, 0.15) is 0 Å². The second-order valence-corrected chi connectivity index (χ2v) is 5.75. The lowest BCUT2D eigenvalue weighted by Crippen LogP contribution is -2.07. The molecule has 6 heteroatoms. The number of aromatic nitrogens is 1. The van der Waals surface area contributed by atoms with E-state index in [9.17, 15) is 4.79 Å². The minimum absolute atomic E-state index is 0.409. The molecule has 1 aromatic carbocycles. The van der Waals surface area contributed by atoms with E-state index in [-0.39, 0.29) is 0 Å². The zero-order valence-electron chi connectivity index (χ0n) is 11.3. The number of halogens is 1. The maximum Gasteiger partial charge on any atom is 0.340 e. The molecule has 0 amide bonds. The molecule has 0 spiro atoms. The highest BCUT2D eigenvalue weighted by Gasteiger charge is 2.12. The normalized spacial score (nSPS) is 10.3. The number of rotatable bonds is 5. The van der Waals surface area contributed by atoms with E-state index >= 15 is 0 Å². The zero-order chi connectivity index (χ0) is 14.5. The Hall–Kier alpha value is -1.59. The van der Waals surface area contributed by atoms with E-state index < -0.39 is 5.97 Å². The van der Waals surface area contributed by atoms with Crippen LogP contribution in [-0.4, -0.2) is 18.1 Å². The van der Waals surface area contributed by atoms with Crippen LogP contribution in [0.4, 0.5) is 5.69 Å². The van der Waals surface area contributed by atoms with Crippen LogP contribution < -0.4 is 5.32 Å². The predicted octanol–water partition coefficient (Wildman–Crippen LogP) is 3.76. The molecule has 0 aliphatic carbocycles. The van der Waals surface area contributed by atoms with Crippen LogP contribution in [0.3, 0.4) is 0 Å². The van der Waals surface area contributed by atoms with Gasteiger partial charge in [-0.2, -0.15) is 0 Å². The largest absolute Gasteiger partial charge is 0.465 e. The number of nitrogens with one attached hydrogen (secondary N) is 1. The number of aryl methyl sites for hydroxylation is 1. The van der Waals surface area contributed by atoms with Crippen LogP contribution in [0.2, 0.25) is 5.02 Å². The molecule has 0 bridgehead atoms. The molecule has 0 radical (unpaired) electrons. The molecule has 0 aliphatic heterocycles. The fourth-order valence-electron chi connectivity index (χ4n) is 1.73. The van der Waals surface area contributed by atoms with Crippen LogP contribution in [0.5, 0.6) is 0 Å². The summed E-state index contributed by atoms with van der Waals surface area (Å²) in [5.41, 5.74) is 1.13. The Labute approximate surface area is 126 Å². The van der Waals surface area contributed by atoms with Gasteiger partial charge in [-0.05, 0) is 24.6 Å². The van der Waals surface area contributed by atoms with Gasteiger partial charge in [0.15, 0.2) is 0 Å².